The topological polar surface area (TPSA) is 133 Å². The van der Waals surface area contributed by atoms with Gasteiger partial charge in [-0.25, -0.2) is 0 Å². The number of fused-ring (bicyclic) bond motifs is 2. The van der Waals surface area contributed by atoms with Gasteiger partial charge >= 0.3 is 0 Å². The Hall–Kier alpha value is -3.70. The van der Waals surface area contributed by atoms with Gasteiger partial charge in [-0.2, -0.15) is 15.4 Å². The fourth-order valence-corrected chi connectivity index (χ4v) is 4.05. The Bertz CT molecular complexity index is 1170. The van der Waals surface area contributed by atoms with Crippen molar-refractivity contribution < 1.29 is 24.2 Å². The number of nitrogens with one attached hydrogen (secondary N) is 2. The van der Waals surface area contributed by atoms with E-state index < -0.39 is 18.6 Å². The third-order valence-corrected chi connectivity index (χ3v) is 5.89. The molecule has 1 atom stereocenters. The van der Waals surface area contributed by atoms with Crippen molar-refractivity contribution in [1.29, 1.82) is 0 Å². The summed E-state index contributed by atoms with van der Waals surface area (Å²) in [6, 6.07) is 9.75. The average Bonchev–Trinajstić information content (AvgIpc) is 3.51. The van der Waals surface area contributed by atoms with E-state index in [1.165, 1.54) is 0 Å². The highest BCUT2D eigenvalue weighted by atomic mass is 16.7. The van der Waals surface area contributed by atoms with Crippen molar-refractivity contribution in [3.8, 4) is 11.5 Å². The summed E-state index contributed by atoms with van der Waals surface area (Å²) in [5.41, 5.74) is 2.65. The number of rotatable bonds is 6. The van der Waals surface area contributed by atoms with Gasteiger partial charge in [-0.3, -0.25) is 14.5 Å². The molecule has 0 saturated carbocycles. The lowest BCUT2D eigenvalue weighted by molar-refractivity contribution is -0.136. The van der Waals surface area contributed by atoms with E-state index in [9.17, 15) is 14.7 Å². The Morgan fingerprint density at radius 2 is 1.82 bits per heavy atom. The lowest BCUT2D eigenvalue weighted by atomic mass is 10.1. The van der Waals surface area contributed by atoms with Crippen LogP contribution in [0.5, 0.6) is 11.5 Å². The monoisotopic (exact) mass is 452 g/mol. The first-order valence-corrected chi connectivity index (χ1v) is 10.7. The summed E-state index contributed by atoms with van der Waals surface area (Å²) < 4.78 is 10.8. The number of hydrogen-bond donors (Lipinski definition) is 3. The standard InChI is InChI=1S/C22H24N6O5/c29-12-18(23-21(30)15-2-3-16-17(10-15)25-26-24-16)22(31)28-7-5-27(6-8-28)11-14-1-4-19-20(9-14)33-13-32-19/h1-4,9-10,18,29H,5-8,11-13H2,(H,23,30)(H,24,25,26). The van der Waals surface area contributed by atoms with Crippen LogP contribution in [0.3, 0.4) is 0 Å². The number of piperazine rings is 1. The Labute approximate surface area is 189 Å². The molecule has 5 rings (SSSR count). The molecule has 3 heterocycles. The van der Waals surface area contributed by atoms with Gasteiger partial charge in [0, 0.05) is 38.3 Å². The molecule has 11 nitrogen and oxygen atoms in total. The second-order valence-corrected chi connectivity index (χ2v) is 8.02. The molecule has 3 aromatic rings. The molecule has 2 aliphatic heterocycles. The largest absolute Gasteiger partial charge is 0.454 e. The van der Waals surface area contributed by atoms with E-state index in [2.05, 4.69) is 25.6 Å². The van der Waals surface area contributed by atoms with Gasteiger partial charge in [-0.1, -0.05) is 6.07 Å². The summed E-state index contributed by atoms with van der Waals surface area (Å²) in [5.74, 6) is 0.766. The first-order valence-electron chi connectivity index (χ1n) is 10.7. The summed E-state index contributed by atoms with van der Waals surface area (Å²) in [6.07, 6.45) is 0. The molecule has 1 aromatic heterocycles. The molecule has 2 aliphatic rings. The molecule has 172 valence electrons. The number of carbonyl (C=O) groups is 2. The highest BCUT2D eigenvalue weighted by Gasteiger charge is 2.29. The molecule has 11 heteroatoms. The summed E-state index contributed by atoms with van der Waals surface area (Å²) >= 11 is 0. The molecule has 0 spiro atoms. The summed E-state index contributed by atoms with van der Waals surface area (Å²) in [7, 11) is 0. The second-order valence-electron chi connectivity index (χ2n) is 8.02. The van der Waals surface area contributed by atoms with Crippen LogP contribution < -0.4 is 14.8 Å². The lowest BCUT2D eigenvalue weighted by Crippen LogP contribution is -2.55. The highest BCUT2D eigenvalue weighted by Crippen LogP contribution is 2.32. The molecule has 2 amide bonds. The fraction of sp³-hybridized carbons (Fsp3) is 0.364. The van der Waals surface area contributed by atoms with Crippen LogP contribution in [0.25, 0.3) is 11.0 Å². The van der Waals surface area contributed by atoms with Crippen LogP contribution in [0.2, 0.25) is 0 Å². The number of ether oxygens (including phenoxy) is 2. The van der Waals surface area contributed by atoms with Gasteiger partial charge in [0.2, 0.25) is 12.7 Å². The molecule has 1 unspecified atom stereocenters. The number of carbonyl (C=O) groups excluding carboxylic acids is 2. The van der Waals surface area contributed by atoms with Crippen LogP contribution in [-0.2, 0) is 11.3 Å². The molecule has 2 aromatic carbocycles. The second kappa shape index (κ2) is 9.04. The first-order chi connectivity index (χ1) is 16.1. The zero-order valence-corrected chi connectivity index (χ0v) is 17.9. The van der Waals surface area contributed by atoms with Crippen LogP contribution in [-0.4, -0.2) is 87.8 Å². The SMILES string of the molecule is O=C(NC(CO)C(=O)N1CCN(Cc2ccc3c(c2)OCO3)CC1)c1ccc2n[nH]nc2c1. The number of aromatic amines is 1. The van der Waals surface area contributed by atoms with E-state index in [1.807, 2.05) is 18.2 Å². The zero-order valence-electron chi connectivity index (χ0n) is 17.9. The minimum Gasteiger partial charge on any atom is -0.454 e. The van der Waals surface area contributed by atoms with Gasteiger partial charge < -0.3 is 24.8 Å². The van der Waals surface area contributed by atoms with Gasteiger partial charge in [0.15, 0.2) is 11.5 Å². The van der Waals surface area contributed by atoms with Crippen molar-refractivity contribution in [2.75, 3.05) is 39.6 Å². The van der Waals surface area contributed by atoms with Gasteiger partial charge in [0.05, 0.1) is 6.61 Å². The predicted octanol–water partition coefficient (Wildman–Crippen LogP) is 0.122. The van der Waals surface area contributed by atoms with Gasteiger partial charge in [0.25, 0.3) is 5.91 Å². The van der Waals surface area contributed by atoms with Crippen LogP contribution in [0.1, 0.15) is 15.9 Å². The molecular weight excluding hydrogens is 428 g/mol. The number of aliphatic hydroxyl groups is 1. The fourth-order valence-electron chi connectivity index (χ4n) is 4.05. The van der Waals surface area contributed by atoms with Crippen LogP contribution >= 0.6 is 0 Å². The van der Waals surface area contributed by atoms with E-state index in [4.69, 9.17) is 9.47 Å². The molecule has 1 fully saturated rings. The maximum absolute atomic E-state index is 12.9. The third kappa shape index (κ3) is 4.45. The van der Waals surface area contributed by atoms with Crippen molar-refractivity contribution in [2.24, 2.45) is 0 Å². The number of aliphatic hydroxyl groups excluding tert-OH is 1. The summed E-state index contributed by atoms with van der Waals surface area (Å²) in [4.78, 5) is 29.5. The van der Waals surface area contributed by atoms with Crippen molar-refractivity contribution >= 4 is 22.8 Å². The Morgan fingerprint density at radius 1 is 1.03 bits per heavy atom. The molecule has 33 heavy (non-hydrogen) atoms. The maximum Gasteiger partial charge on any atom is 0.252 e. The molecule has 0 bridgehead atoms. The van der Waals surface area contributed by atoms with Crippen LogP contribution in [0, 0.1) is 0 Å². The minimum atomic E-state index is -1.01. The normalized spacial score (nSPS) is 16.7. The summed E-state index contributed by atoms with van der Waals surface area (Å²) in [6.45, 7) is 2.92. The molecule has 1 saturated heterocycles. The number of benzene rings is 2. The number of hydrogen-bond acceptors (Lipinski definition) is 8. The van der Waals surface area contributed by atoms with E-state index in [0.29, 0.717) is 42.8 Å². The number of aromatic nitrogens is 3. The van der Waals surface area contributed by atoms with Crippen molar-refractivity contribution in [2.45, 2.75) is 12.6 Å². The van der Waals surface area contributed by atoms with Crippen molar-refractivity contribution in [3.05, 3.63) is 47.5 Å². The van der Waals surface area contributed by atoms with E-state index in [0.717, 1.165) is 23.6 Å². The summed E-state index contributed by atoms with van der Waals surface area (Å²) in [5, 5.41) is 22.8. The van der Waals surface area contributed by atoms with Crippen molar-refractivity contribution in [1.82, 2.24) is 30.5 Å². The molecule has 3 N–H and O–H groups in total. The quantitative estimate of drug-likeness (QED) is 0.481. The Balaban J connectivity index is 1.15. The van der Waals surface area contributed by atoms with Crippen LogP contribution in [0.4, 0.5) is 0 Å². The average molecular weight is 452 g/mol. The first kappa shape index (κ1) is 21.2. The highest BCUT2D eigenvalue weighted by molar-refractivity contribution is 5.99. The molecular formula is C22H24N6O5. The van der Waals surface area contributed by atoms with E-state index in [1.54, 1.807) is 23.1 Å². The van der Waals surface area contributed by atoms with Gasteiger partial charge in [-0.05, 0) is 35.9 Å². The number of nitrogens with zero attached hydrogens (tertiary/aromatic N) is 4. The Kier molecular flexibility index (Phi) is 5.80. The smallest absolute Gasteiger partial charge is 0.252 e. The van der Waals surface area contributed by atoms with E-state index >= 15 is 0 Å². The van der Waals surface area contributed by atoms with Gasteiger partial charge in [0.1, 0.15) is 17.1 Å². The molecule has 0 radical (unpaired) electrons. The van der Waals surface area contributed by atoms with Crippen molar-refractivity contribution in [3.63, 3.8) is 0 Å². The zero-order chi connectivity index (χ0) is 22.8. The third-order valence-electron chi connectivity index (χ3n) is 5.89. The van der Waals surface area contributed by atoms with E-state index in [-0.39, 0.29) is 12.7 Å². The minimum absolute atomic E-state index is 0.247. The maximum atomic E-state index is 12.9. The lowest BCUT2D eigenvalue weighted by Gasteiger charge is -2.36. The van der Waals surface area contributed by atoms with Gasteiger partial charge in [-0.15, -0.1) is 0 Å². The molecule has 0 aliphatic carbocycles. The van der Waals surface area contributed by atoms with Crippen LogP contribution in [0.15, 0.2) is 36.4 Å². The number of amides is 2. The Morgan fingerprint density at radius 3 is 2.64 bits per heavy atom. The predicted molar refractivity (Wildman–Crippen MR) is 117 cm³/mol. The number of H-pyrrole nitrogens is 1.